The number of rotatable bonds is 13. The Morgan fingerprint density at radius 2 is 1.91 bits per heavy atom. The number of likely N-dealkylation sites (N-methyl/N-ethyl adjacent to an activating group) is 1. The summed E-state index contributed by atoms with van der Waals surface area (Å²) in [7, 11) is 1.71. The first kappa shape index (κ1) is 27.4. The molecule has 3 aliphatic rings. The van der Waals surface area contributed by atoms with Gasteiger partial charge >= 0.3 is 0 Å². The van der Waals surface area contributed by atoms with Gasteiger partial charge in [0.05, 0.1) is 17.4 Å². The fourth-order valence-electron chi connectivity index (χ4n) is 6.59. The van der Waals surface area contributed by atoms with Crippen LogP contribution in [0.2, 0.25) is 0 Å². The van der Waals surface area contributed by atoms with Gasteiger partial charge in [-0.15, -0.1) is 13.2 Å². The van der Waals surface area contributed by atoms with Crippen molar-refractivity contribution >= 4 is 17.7 Å². The summed E-state index contributed by atoms with van der Waals surface area (Å²) < 4.78 is 6.68. The van der Waals surface area contributed by atoms with Gasteiger partial charge in [-0.25, -0.2) is 0 Å². The van der Waals surface area contributed by atoms with Gasteiger partial charge in [0.15, 0.2) is 0 Å². The standard InChI is InChI=1S/C27H43N3O5/c1-7-12-19(4)29(16-9-3)25(34)22-27-14-13-26(5,35-27)20(23(32)28(6)15-8-2)21(27)24(33)30(22)17-10-11-18-31/h8-9,19-22,31H,2-3,7,10-18H2,1,4-6H3/t19?,20-,21+,22?,26+,27?/m1/s1. The van der Waals surface area contributed by atoms with Gasteiger partial charge in [-0.3, -0.25) is 14.4 Å². The molecule has 3 amide bonds. The molecule has 196 valence electrons. The highest BCUT2D eigenvalue weighted by atomic mass is 16.5. The molecule has 3 fully saturated rings. The van der Waals surface area contributed by atoms with Crippen LogP contribution in [0.25, 0.3) is 0 Å². The topological polar surface area (TPSA) is 90.4 Å². The number of unbranched alkanes of at least 4 members (excludes halogenated alkanes) is 1. The number of amides is 3. The molecule has 1 spiro atoms. The summed E-state index contributed by atoms with van der Waals surface area (Å²) in [6, 6.07) is -0.803. The molecule has 3 saturated heterocycles. The third-order valence-electron chi connectivity index (χ3n) is 8.21. The van der Waals surface area contributed by atoms with Crippen LogP contribution in [-0.4, -0.2) is 94.1 Å². The number of hydrogen-bond acceptors (Lipinski definition) is 5. The van der Waals surface area contributed by atoms with Crippen molar-refractivity contribution in [1.29, 1.82) is 0 Å². The number of likely N-dealkylation sites (tertiary alicyclic amines) is 1. The average Bonchev–Trinajstić information content (AvgIpc) is 3.38. The summed E-state index contributed by atoms with van der Waals surface area (Å²) in [5.74, 6) is -1.80. The van der Waals surface area contributed by atoms with Crippen molar-refractivity contribution < 1.29 is 24.2 Å². The first-order valence-corrected chi connectivity index (χ1v) is 13.0. The van der Waals surface area contributed by atoms with Gasteiger partial charge in [-0.1, -0.05) is 25.5 Å². The lowest BCUT2D eigenvalue weighted by Gasteiger charge is -2.39. The van der Waals surface area contributed by atoms with Gasteiger partial charge in [0.25, 0.3) is 0 Å². The van der Waals surface area contributed by atoms with E-state index in [0.29, 0.717) is 45.3 Å². The summed E-state index contributed by atoms with van der Waals surface area (Å²) in [4.78, 5) is 46.8. The average molecular weight is 490 g/mol. The molecule has 3 heterocycles. The minimum Gasteiger partial charge on any atom is -0.396 e. The van der Waals surface area contributed by atoms with Crippen LogP contribution in [-0.2, 0) is 19.1 Å². The van der Waals surface area contributed by atoms with Gasteiger partial charge in [-0.2, -0.15) is 0 Å². The van der Waals surface area contributed by atoms with E-state index in [1.165, 1.54) is 0 Å². The van der Waals surface area contributed by atoms with E-state index in [2.05, 4.69) is 20.1 Å². The maximum absolute atomic E-state index is 14.2. The Balaban J connectivity index is 2.05. The molecule has 3 aliphatic heterocycles. The van der Waals surface area contributed by atoms with E-state index in [0.717, 1.165) is 12.8 Å². The SMILES string of the molecule is C=CCN(C)C(=O)[C@H]1[C@H]2C(=O)N(CCCCO)C(C(=O)N(CC=C)C(C)CCC)C23CC[C@]1(C)O3. The number of ether oxygens (including phenoxy) is 1. The number of hydrogen-bond donors (Lipinski definition) is 1. The largest absolute Gasteiger partial charge is 0.396 e. The first-order valence-electron chi connectivity index (χ1n) is 13.0. The minimum atomic E-state index is -1.02. The van der Waals surface area contributed by atoms with E-state index in [-0.39, 0.29) is 30.4 Å². The minimum absolute atomic E-state index is 0.0133. The van der Waals surface area contributed by atoms with Crippen molar-refractivity contribution in [2.75, 3.05) is 33.3 Å². The maximum Gasteiger partial charge on any atom is 0.248 e. The molecule has 0 aromatic heterocycles. The molecule has 0 aliphatic carbocycles. The Morgan fingerprint density at radius 3 is 2.51 bits per heavy atom. The quantitative estimate of drug-likeness (QED) is 0.317. The number of aliphatic hydroxyl groups is 1. The Kier molecular flexibility index (Phi) is 8.48. The lowest BCUT2D eigenvalue weighted by atomic mass is 9.66. The van der Waals surface area contributed by atoms with Gasteiger partial charge in [-0.05, 0) is 46.0 Å². The van der Waals surface area contributed by atoms with E-state index in [1.54, 1.807) is 29.0 Å². The van der Waals surface area contributed by atoms with Crippen molar-refractivity contribution in [3.05, 3.63) is 25.3 Å². The van der Waals surface area contributed by atoms with Gasteiger partial charge < -0.3 is 24.5 Å². The molecule has 8 nitrogen and oxygen atoms in total. The summed E-state index contributed by atoms with van der Waals surface area (Å²) in [6.07, 6.45) is 7.45. The molecule has 0 radical (unpaired) electrons. The fourth-order valence-corrected chi connectivity index (χ4v) is 6.59. The smallest absolute Gasteiger partial charge is 0.248 e. The van der Waals surface area contributed by atoms with Crippen molar-refractivity contribution in [3.8, 4) is 0 Å². The zero-order chi connectivity index (χ0) is 26.0. The van der Waals surface area contributed by atoms with E-state index in [4.69, 9.17) is 4.74 Å². The van der Waals surface area contributed by atoms with Gasteiger partial charge in [0.2, 0.25) is 17.7 Å². The van der Waals surface area contributed by atoms with Crippen LogP contribution in [0.15, 0.2) is 25.3 Å². The number of fused-ring (bicyclic) bond motifs is 1. The molecule has 3 rings (SSSR count). The van der Waals surface area contributed by atoms with Crippen LogP contribution in [0, 0.1) is 11.8 Å². The summed E-state index contributed by atoms with van der Waals surface area (Å²) in [6.45, 7) is 14.7. The van der Waals surface area contributed by atoms with Crippen LogP contribution in [0.5, 0.6) is 0 Å². The highest BCUT2D eigenvalue weighted by Gasteiger charge is 2.78. The fraction of sp³-hybridized carbons (Fsp3) is 0.741. The summed E-state index contributed by atoms with van der Waals surface area (Å²) in [5.41, 5.74) is -1.82. The highest BCUT2D eigenvalue weighted by Crippen LogP contribution is 2.63. The molecule has 1 N–H and O–H groups in total. The highest BCUT2D eigenvalue weighted by molar-refractivity contribution is 5.99. The molecule has 6 atom stereocenters. The molecule has 0 aromatic rings. The molecule has 35 heavy (non-hydrogen) atoms. The maximum atomic E-state index is 14.2. The molecular formula is C27H43N3O5. The Morgan fingerprint density at radius 1 is 1.23 bits per heavy atom. The predicted molar refractivity (Wildman–Crippen MR) is 134 cm³/mol. The second-order valence-corrected chi connectivity index (χ2v) is 10.6. The van der Waals surface area contributed by atoms with E-state index < -0.39 is 29.1 Å². The van der Waals surface area contributed by atoms with Crippen molar-refractivity contribution in [1.82, 2.24) is 14.7 Å². The Labute approximate surface area is 210 Å². The first-order chi connectivity index (χ1) is 16.6. The zero-order valence-corrected chi connectivity index (χ0v) is 21.9. The van der Waals surface area contributed by atoms with Crippen molar-refractivity contribution in [2.45, 2.75) is 82.6 Å². The van der Waals surface area contributed by atoms with Crippen LogP contribution >= 0.6 is 0 Å². The molecule has 3 unspecified atom stereocenters. The van der Waals surface area contributed by atoms with Crippen molar-refractivity contribution in [2.24, 2.45) is 11.8 Å². The molecular weight excluding hydrogens is 446 g/mol. The number of carbonyl (C=O) groups is 3. The van der Waals surface area contributed by atoms with Crippen LogP contribution in [0.3, 0.4) is 0 Å². The molecule has 0 saturated carbocycles. The van der Waals surface area contributed by atoms with Crippen LogP contribution in [0.1, 0.15) is 59.3 Å². The normalized spacial score (nSPS) is 31.9. The molecule has 8 heteroatoms. The van der Waals surface area contributed by atoms with Crippen molar-refractivity contribution in [3.63, 3.8) is 0 Å². The van der Waals surface area contributed by atoms with E-state index in [1.807, 2.05) is 18.7 Å². The molecule has 2 bridgehead atoms. The monoisotopic (exact) mass is 489 g/mol. The lowest BCUT2D eigenvalue weighted by Crippen LogP contribution is -2.58. The van der Waals surface area contributed by atoms with E-state index in [9.17, 15) is 19.5 Å². The van der Waals surface area contributed by atoms with Crippen LogP contribution in [0.4, 0.5) is 0 Å². The van der Waals surface area contributed by atoms with Crippen LogP contribution < -0.4 is 0 Å². The van der Waals surface area contributed by atoms with Gasteiger partial charge in [0.1, 0.15) is 11.6 Å². The van der Waals surface area contributed by atoms with Gasteiger partial charge in [0, 0.05) is 39.3 Å². The second-order valence-electron chi connectivity index (χ2n) is 10.6. The Bertz CT molecular complexity index is 847. The lowest BCUT2D eigenvalue weighted by molar-refractivity contribution is -0.154. The number of aliphatic hydroxyl groups excluding tert-OH is 1. The third-order valence-corrected chi connectivity index (χ3v) is 8.21. The number of nitrogens with zero attached hydrogens (tertiary/aromatic N) is 3. The Hall–Kier alpha value is -2.19. The summed E-state index contributed by atoms with van der Waals surface area (Å²) >= 11 is 0. The second kappa shape index (κ2) is 10.8. The number of carbonyl (C=O) groups excluding carboxylic acids is 3. The zero-order valence-electron chi connectivity index (χ0n) is 21.9. The summed E-state index contributed by atoms with van der Waals surface area (Å²) in [5, 5.41) is 9.32. The third kappa shape index (κ3) is 4.55. The predicted octanol–water partition coefficient (Wildman–Crippen LogP) is 2.37. The molecule has 0 aromatic carbocycles. The van der Waals surface area contributed by atoms with E-state index >= 15 is 0 Å².